The van der Waals surface area contributed by atoms with Crippen LogP contribution in [-0.4, -0.2) is 31.9 Å². The summed E-state index contributed by atoms with van der Waals surface area (Å²) in [4.78, 5) is 4.36. The van der Waals surface area contributed by atoms with Gasteiger partial charge in [0.2, 0.25) is 0 Å². The lowest BCUT2D eigenvalue weighted by Crippen LogP contribution is -2.35. The van der Waals surface area contributed by atoms with Crippen molar-refractivity contribution >= 4 is 0 Å². The molecule has 0 aliphatic rings. The first-order chi connectivity index (χ1) is 10.4. The van der Waals surface area contributed by atoms with Crippen molar-refractivity contribution in [1.82, 2.24) is 24.6 Å². The minimum absolute atomic E-state index is 0.426. The fourth-order valence-corrected chi connectivity index (χ4v) is 2.71. The molecule has 0 aliphatic heterocycles. The molecule has 0 unspecified atom stereocenters. The van der Waals surface area contributed by atoms with Gasteiger partial charge in [0.25, 0.3) is 0 Å². The standard InChI is InChI=1S/C17H29N5/c1-12(9-22-15(4)7-13(2)20-22)8-18-14(3)10-21-11-19-16(5)17(21)6/h7,11-12,14,18H,8-10H2,1-6H3/t12-,14+/m1/s1. The number of nitrogens with zero attached hydrogens (tertiary/aromatic N) is 4. The zero-order chi connectivity index (χ0) is 16.3. The highest BCUT2D eigenvalue weighted by atomic mass is 15.3. The van der Waals surface area contributed by atoms with Gasteiger partial charge in [-0.1, -0.05) is 6.92 Å². The zero-order valence-corrected chi connectivity index (χ0v) is 14.7. The Morgan fingerprint density at radius 2 is 1.86 bits per heavy atom. The van der Waals surface area contributed by atoms with Crippen LogP contribution in [0.1, 0.15) is 36.6 Å². The molecule has 2 aromatic heterocycles. The van der Waals surface area contributed by atoms with Crippen molar-refractivity contribution in [3.8, 4) is 0 Å². The molecule has 0 spiro atoms. The third-order valence-electron chi connectivity index (χ3n) is 4.22. The zero-order valence-electron chi connectivity index (χ0n) is 14.7. The molecule has 2 atom stereocenters. The van der Waals surface area contributed by atoms with E-state index < -0.39 is 0 Å². The van der Waals surface area contributed by atoms with E-state index in [4.69, 9.17) is 0 Å². The second-order valence-corrected chi connectivity index (χ2v) is 6.59. The van der Waals surface area contributed by atoms with Gasteiger partial charge >= 0.3 is 0 Å². The molecule has 2 heterocycles. The van der Waals surface area contributed by atoms with E-state index in [0.717, 1.165) is 31.0 Å². The minimum atomic E-state index is 0.426. The van der Waals surface area contributed by atoms with Crippen molar-refractivity contribution in [2.75, 3.05) is 6.54 Å². The highest BCUT2D eigenvalue weighted by molar-refractivity contribution is 5.08. The monoisotopic (exact) mass is 303 g/mol. The van der Waals surface area contributed by atoms with Crippen LogP contribution >= 0.6 is 0 Å². The predicted octanol–water partition coefficient (Wildman–Crippen LogP) is 2.63. The average Bonchev–Trinajstić information content (AvgIpc) is 2.93. The van der Waals surface area contributed by atoms with Gasteiger partial charge in [-0.15, -0.1) is 0 Å². The summed E-state index contributed by atoms with van der Waals surface area (Å²) < 4.78 is 4.33. The molecule has 2 rings (SSSR count). The van der Waals surface area contributed by atoms with Crippen molar-refractivity contribution in [1.29, 1.82) is 0 Å². The van der Waals surface area contributed by atoms with Crippen LogP contribution in [0.2, 0.25) is 0 Å². The number of imidazole rings is 1. The van der Waals surface area contributed by atoms with Gasteiger partial charge in [-0.05, 0) is 53.1 Å². The van der Waals surface area contributed by atoms with E-state index in [0.29, 0.717) is 12.0 Å². The fraction of sp³-hybridized carbons (Fsp3) is 0.647. The van der Waals surface area contributed by atoms with Crippen LogP contribution in [0.25, 0.3) is 0 Å². The Morgan fingerprint density at radius 3 is 2.41 bits per heavy atom. The van der Waals surface area contributed by atoms with Crippen molar-refractivity contribution in [2.24, 2.45) is 5.92 Å². The lowest BCUT2D eigenvalue weighted by atomic mass is 10.1. The first-order valence-corrected chi connectivity index (χ1v) is 8.09. The first-order valence-electron chi connectivity index (χ1n) is 8.09. The first kappa shape index (κ1) is 16.7. The smallest absolute Gasteiger partial charge is 0.0951 e. The van der Waals surface area contributed by atoms with Crippen LogP contribution in [0.5, 0.6) is 0 Å². The topological polar surface area (TPSA) is 47.7 Å². The summed E-state index contributed by atoms with van der Waals surface area (Å²) in [5, 5.41) is 8.16. The van der Waals surface area contributed by atoms with E-state index in [9.17, 15) is 0 Å². The number of rotatable bonds is 7. The molecule has 1 N–H and O–H groups in total. The second kappa shape index (κ2) is 7.09. The molecule has 5 nitrogen and oxygen atoms in total. The molecule has 0 bridgehead atoms. The SMILES string of the molecule is Cc1cc(C)n(C[C@H](C)CN[C@@H](C)Cn2cnc(C)c2C)n1. The molecular formula is C17H29N5. The van der Waals surface area contributed by atoms with E-state index in [1.54, 1.807) is 0 Å². The maximum Gasteiger partial charge on any atom is 0.0951 e. The summed E-state index contributed by atoms with van der Waals surface area (Å²) in [6.45, 7) is 15.7. The predicted molar refractivity (Wildman–Crippen MR) is 90.0 cm³/mol. The van der Waals surface area contributed by atoms with Gasteiger partial charge in [-0.3, -0.25) is 4.68 Å². The maximum absolute atomic E-state index is 4.54. The molecule has 0 fully saturated rings. The van der Waals surface area contributed by atoms with Gasteiger partial charge in [-0.25, -0.2) is 4.98 Å². The number of hydrogen-bond donors (Lipinski definition) is 1. The van der Waals surface area contributed by atoms with Gasteiger partial charge in [0.15, 0.2) is 0 Å². The third-order valence-corrected chi connectivity index (χ3v) is 4.22. The number of hydrogen-bond acceptors (Lipinski definition) is 3. The lowest BCUT2D eigenvalue weighted by Gasteiger charge is -2.19. The summed E-state index contributed by atoms with van der Waals surface area (Å²) in [6, 6.07) is 2.56. The van der Waals surface area contributed by atoms with E-state index in [2.05, 4.69) is 65.3 Å². The molecule has 122 valence electrons. The van der Waals surface area contributed by atoms with Gasteiger partial charge < -0.3 is 9.88 Å². The van der Waals surface area contributed by atoms with Crippen molar-refractivity contribution in [2.45, 2.75) is 60.7 Å². The van der Waals surface area contributed by atoms with Crippen LogP contribution in [0.4, 0.5) is 0 Å². The molecule has 0 aliphatic carbocycles. The molecule has 0 saturated heterocycles. The van der Waals surface area contributed by atoms with E-state index in [1.807, 2.05) is 13.3 Å². The Bertz CT molecular complexity index is 601. The van der Waals surface area contributed by atoms with Crippen LogP contribution in [0, 0.1) is 33.6 Å². The van der Waals surface area contributed by atoms with Crippen LogP contribution in [0.15, 0.2) is 12.4 Å². The molecule has 0 radical (unpaired) electrons. The second-order valence-electron chi connectivity index (χ2n) is 6.59. The van der Waals surface area contributed by atoms with E-state index in [1.165, 1.54) is 11.4 Å². The van der Waals surface area contributed by atoms with E-state index >= 15 is 0 Å². The highest BCUT2D eigenvalue weighted by Gasteiger charge is 2.10. The van der Waals surface area contributed by atoms with Crippen molar-refractivity contribution < 1.29 is 0 Å². The summed E-state index contributed by atoms with van der Waals surface area (Å²) in [5.74, 6) is 0.547. The molecule has 0 amide bonds. The summed E-state index contributed by atoms with van der Waals surface area (Å²) in [7, 11) is 0. The van der Waals surface area contributed by atoms with Crippen molar-refractivity contribution in [3.63, 3.8) is 0 Å². The molecule has 2 aromatic rings. The Morgan fingerprint density at radius 1 is 1.14 bits per heavy atom. The largest absolute Gasteiger partial charge is 0.333 e. The van der Waals surface area contributed by atoms with Gasteiger partial charge in [0.05, 0.1) is 17.7 Å². The quantitative estimate of drug-likeness (QED) is 0.855. The van der Waals surface area contributed by atoms with Gasteiger partial charge in [0.1, 0.15) is 0 Å². The normalized spacial score (nSPS) is 14.3. The number of nitrogens with one attached hydrogen (secondary N) is 1. The molecule has 0 saturated carbocycles. The summed E-state index contributed by atoms with van der Waals surface area (Å²) >= 11 is 0. The molecule has 5 heteroatoms. The molecular weight excluding hydrogens is 274 g/mol. The maximum atomic E-state index is 4.54. The highest BCUT2D eigenvalue weighted by Crippen LogP contribution is 2.07. The molecule has 0 aromatic carbocycles. The minimum Gasteiger partial charge on any atom is -0.333 e. The Labute approximate surface area is 133 Å². The Kier molecular flexibility index (Phi) is 5.40. The summed E-state index contributed by atoms with van der Waals surface area (Å²) in [6.07, 6.45) is 1.93. The van der Waals surface area contributed by atoms with Crippen LogP contribution < -0.4 is 5.32 Å². The average molecular weight is 303 g/mol. The fourth-order valence-electron chi connectivity index (χ4n) is 2.71. The number of aryl methyl sites for hydroxylation is 3. The Balaban J connectivity index is 1.79. The lowest BCUT2D eigenvalue weighted by molar-refractivity contribution is 0.378. The van der Waals surface area contributed by atoms with E-state index in [-0.39, 0.29) is 0 Å². The summed E-state index contributed by atoms with van der Waals surface area (Å²) in [5.41, 5.74) is 4.70. The Hall–Kier alpha value is -1.62. The van der Waals surface area contributed by atoms with Crippen molar-refractivity contribution in [3.05, 3.63) is 35.2 Å². The van der Waals surface area contributed by atoms with Gasteiger partial charge in [-0.2, -0.15) is 5.10 Å². The number of aromatic nitrogens is 4. The third kappa shape index (κ3) is 4.19. The molecule has 22 heavy (non-hydrogen) atoms. The van der Waals surface area contributed by atoms with Crippen LogP contribution in [-0.2, 0) is 13.1 Å². The van der Waals surface area contributed by atoms with Gasteiger partial charge in [0, 0.05) is 30.5 Å². The van der Waals surface area contributed by atoms with Crippen LogP contribution in [0.3, 0.4) is 0 Å².